The molecule has 0 saturated carbocycles. The Morgan fingerprint density at radius 3 is 2.07 bits per heavy atom. The van der Waals surface area contributed by atoms with Gasteiger partial charge in [0.25, 0.3) is 0 Å². The van der Waals surface area contributed by atoms with E-state index in [2.05, 4.69) is 55.3 Å². The van der Waals surface area contributed by atoms with Crippen molar-refractivity contribution in [2.24, 2.45) is 0 Å². The minimum absolute atomic E-state index is 1.30. The molecule has 1 aromatic heterocycles. The quantitative estimate of drug-likeness (QED) is 0.647. The van der Waals surface area contributed by atoms with Crippen molar-refractivity contribution in [3.63, 3.8) is 0 Å². The van der Waals surface area contributed by atoms with Crippen molar-refractivity contribution < 1.29 is 4.57 Å². The normalized spacial score (nSPS) is 10.7. The van der Waals surface area contributed by atoms with Gasteiger partial charge in [-0.05, 0) is 32.9 Å². The van der Waals surface area contributed by atoms with E-state index in [1.165, 1.54) is 28.1 Å². The van der Waals surface area contributed by atoms with Crippen LogP contribution in [0, 0.1) is 27.7 Å². The molecule has 0 aliphatic carbocycles. The van der Waals surface area contributed by atoms with E-state index in [1.807, 2.05) is 0 Å². The molecule has 78 valence electrons. The van der Waals surface area contributed by atoms with Crippen LogP contribution in [0.4, 0.5) is 0 Å². The van der Waals surface area contributed by atoms with Gasteiger partial charge in [-0.15, -0.1) is 0 Å². The number of hydrogen-bond donors (Lipinski definition) is 0. The summed E-state index contributed by atoms with van der Waals surface area (Å²) in [6, 6.07) is 4.48. The summed E-state index contributed by atoms with van der Waals surface area (Å²) in [6.07, 6.45) is 0. The van der Waals surface area contributed by atoms with Crippen LogP contribution in [-0.4, -0.2) is 0 Å². The van der Waals surface area contributed by atoms with Crippen molar-refractivity contribution in [1.82, 2.24) is 0 Å². The topological polar surface area (TPSA) is 3.88 Å². The summed E-state index contributed by atoms with van der Waals surface area (Å²) in [4.78, 5) is 0. The molecule has 2 rings (SSSR count). The fraction of sp³-hybridized carbons (Fsp3) is 0.308. The first kappa shape index (κ1) is 10.4. The average molecular weight is 218 g/mol. The zero-order valence-corrected chi connectivity index (χ0v) is 10.5. The lowest BCUT2D eigenvalue weighted by molar-refractivity contribution is -0.597. The van der Waals surface area contributed by atoms with Gasteiger partial charge in [-0.1, -0.05) is 16.9 Å². The molecular weight excluding hydrogens is 202 g/mol. The average Bonchev–Trinajstić information content (AvgIpc) is 2.50. The van der Waals surface area contributed by atoms with E-state index < -0.39 is 0 Å². The van der Waals surface area contributed by atoms with Crippen LogP contribution in [0.3, 0.4) is 0 Å². The highest BCUT2D eigenvalue weighted by Crippen LogP contribution is 2.17. The maximum absolute atomic E-state index is 2.27. The van der Waals surface area contributed by atoms with Crippen LogP contribution in [-0.2, 0) is 0 Å². The SMILES string of the molecule is Cc1cc(C)c(-[n+]2cscc2C)c(C)c1. The second-order valence-electron chi connectivity index (χ2n) is 4.12. The third-order valence-electron chi connectivity index (χ3n) is 2.66. The van der Waals surface area contributed by atoms with Gasteiger partial charge in [0.05, 0.1) is 5.38 Å². The van der Waals surface area contributed by atoms with Gasteiger partial charge in [0.15, 0.2) is 5.69 Å². The first-order chi connectivity index (χ1) is 7.09. The predicted octanol–water partition coefficient (Wildman–Crippen LogP) is 3.26. The van der Waals surface area contributed by atoms with Crippen LogP contribution in [0.25, 0.3) is 5.69 Å². The van der Waals surface area contributed by atoms with Crippen molar-refractivity contribution in [3.05, 3.63) is 45.4 Å². The van der Waals surface area contributed by atoms with Crippen LogP contribution in [0.5, 0.6) is 0 Å². The molecule has 0 aliphatic rings. The van der Waals surface area contributed by atoms with Crippen LogP contribution in [0.1, 0.15) is 22.4 Å². The van der Waals surface area contributed by atoms with Crippen LogP contribution < -0.4 is 4.57 Å². The van der Waals surface area contributed by atoms with Gasteiger partial charge >= 0.3 is 0 Å². The number of nitrogens with zero attached hydrogens (tertiary/aromatic N) is 1. The zero-order valence-electron chi connectivity index (χ0n) is 9.66. The van der Waals surface area contributed by atoms with Crippen molar-refractivity contribution in [1.29, 1.82) is 0 Å². The van der Waals surface area contributed by atoms with Crippen LogP contribution in [0.15, 0.2) is 23.0 Å². The van der Waals surface area contributed by atoms with Crippen molar-refractivity contribution in [2.45, 2.75) is 27.7 Å². The molecule has 1 heterocycles. The molecule has 0 amide bonds. The molecule has 1 aromatic carbocycles. The van der Waals surface area contributed by atoms with E-state index in [4.69, 9.17) is 0 Å². The molecule has 0 atom stereocenters. The Balaban J connectivity index is 2.68. The molecule has 0 spiro atoms. The number of hydrogen-bond acceptors (Lipinski definition) is 1. The summed E-state index contributed by atoms with van der Waals surface area (Å²) >= 11 is 1.75. The van der Waals surface area contributed by atoms with E-state index in [-0.39, 0.29) is 0 Å². The van der Waals surface area contributed by atoms with Gasteiger partial charge in [-0.25, -0.2) is 0 Å². The first-order valence-corrected chi connectivity index (χ1v) is 6.06. The van der Waals surface area contributed by atoms with Crippen molar-refractivity contribution in [3.8, 4) is 5.69 Å². The maximum atomic E-state index is 2.27. The number of aromatic nitrogens is 1. The van der Waals surface area contributed by atoms with Crippen molar-refractivity contribution in [2.75, 3.05) is 0 Å². The molecule has 0 unspecified atom stereocenters. The third-order valence-corrected chi connectivity index (χ3v) is 3.47. The fourth-order valence-electron chi connectivity index (χ4n) is 2.11. The number of aryl methyl sites for hydroxylation is 4. The lowest BCUT2D eigenvalue weighted by Crippen LogP contribution is -2.32. The molecule has 2 heteroatoms. The number of benzene rings is 1. The predicted molar refractivity (Wildman–Crippen MR) is 64.8 cm³/mol. The summed E-state index contributed by atoms with van der Waals surface area (Å²) in [5.41, 5.74) is 8.83. The largest absolute Gasteiger partial charge is 0.230 e. The molecule has 0 N–H and O–H groups in total. The van der Waals surface area contributed by atoms with E-state index in [1.54, 1.807) is 11.3 Å². The van der Waals surface area contributed by atoms with Gasteiger partial charge in [-0.2, -0.15) is 4.57 Å². The summed E-state index contributed by atoms with van der Waals surface area (Å²) in [7, 11) is 0. The molecule has 0 saturated heterocycles. The van der Waals surface area contributed by atoms with E-state index in [9.17, 15) is 0 Å². The molecule has 0 radical (unpaired) electrons. The van der Waals surface area contributed by atoms with E-state index in [0.717, 1.165) is 0 Å². The Bertz CT molecular complexity index is 474. The van der Waals surface area contributed by atoms with Gasteiger partial charge in [0, 0.05) is 18.1 Å². The standard InChI is InChI=1S/C13H16NS/c1-9-5-10(2)13(11(3)6-9)14-8-15-7-12(14)4/h5-8H,1-4H3/q+1. The summed E-state index contributed by atoms with van der Waals surface area (Å²) in [6.45, 7) is 8.66. The first-order valence-electron chi connectivity index (χ1n) is 5.12. The second-order valence-corrected chi connectivity index (χ2v) is 4.84. The van der Waals surface area contributed by atoms with E-state index in [0.29, 0.717) is 0 Å². The summed E-state index contributed by atoms with van der Waals surface area (Å²) in [5.74, 6) is 0. The summed E-state index contributed by atoms with van der Waals surface area (Å²) < 4.78 is 2.27. The number of thiazole rings is 1. The van der Waals surface area contributed by atoms with Crippen LogP contribution in [0.2, 0.25) is 0 Å². The Kier molecular flexibility index (Phi) is 2.61. The Morgan fingerprint density at radius 1 is 1.00 bits per heavy atom. The molecule has 0 bridgehead atoms. The van der Waals surface area contributed by atoms with Crippen molar-refractivity contribution >= 4 is 11.3 Å². The molecule has 0 fully saturated rings. The fourth-order valence-corrected chi connectivity index (χ4v) is 2.88. The van der Waals surface area contributed by atoms with Gasteiger partial charge in [0.2, 0.25) is 11.2 Å². The van der Waals surface area contributed by atoms with E-state index >= 15 is 0 Å². The Morgan fingerprint density at radius 2 is 1.60 bits per heavy atom. The molecule has 15 heavy (non-hydrogen) atoms. The number of rotatable bonds is 1. The Labute approximate surface area is 95.0 Å². The smallest absolute Gasteiger partial charge is 0.154 e. The highest BCUT2D eigenvalue weighted by molar-refractivity contribution is 7.07. The second kappa shape index (κ2) is 3.78. The Hall–Kier alpha value is -1.15. The lowest BCUT2D eigenvalue weighted by Gasteiger charge is -2.04. The highest BCUT2D eigenvalue weighted by Gasteiger charge is 2.17. The molecule has 0 aliphatic heterocycles. The lowest BCUT2D eigenvalue weighted by atomic mass is 10.0. The molecule has 2 aromatic rings. The molecule has 1 nitrogen and oxygen atoms in total. The summed E-state index contributed by atoms with van der Waals surface area (Å²) in [5, 5.41) is 2.18. The molecular formula is C13H16NS+. The zero-order chi connectivity index (χ0) is 11.0. The minimum atomic E-state index is 1.30. The highest BCUT2D eigenvalue weighted by atomic mass is 32.1. The minimum Gasteiger partial charge on any atom is -0.154 e. The van der Waals surface area contributed by atoms with Gasteiger partial charge in [-0.3, -0.25) is 0 Å². The van der Waals surface area contributed by atoms with Gasteiger partial charge < -0.3 is 0 Å². The maximum Gasteiger partial charge on any atom is 0.230 e. The third kappa shape index (κ3) is 1.82. The monoisotopic (exact) mass is 218 g/mol. The van der Waals surface area contributed by atoms with Gasteiger partial charge in [0.1, 0.15) is 0 Å². The van der Waals surface area contributed by atoms with Crippen LogP contribution >= 0.6 is 11.3 Å².